The Balaban J connectivity index is 0.000000853. The van der Waals surface area contributed by atoms with Crippen molar-refractivity contribution >= 4 is 21.9 Å². The van der Waals surface area contributed by atoms with Crippen molar-refractivity contribution in [2.75, 3.05) is 0 Å². The van der Waals surface area contributed by atoms with Crippen LogP contribution in [0.1, 0.15) is 5.82 Å². The van der Waals surface area contributed by atoms with Gasteiger partial charge in [0.25, 0.3) is 0 Å². The Morgan fingerprint density at radius 3 is 2.93 bits per heavy atom. The summed E-state index contributed by atoms with van der Waals surface area (Å²) >= 11 is 0. The Hall–Kier alpha value is -1.24. The minimum Gasteiger partial charge on any atom is -0.440 e. The van der Waals surface area contributed by atoms with Gasteiger partial charge in [-0.15, -0.1) is 0 Å². The van der Waals surface area contributed by atoms with Gasteiger partial charge < -0.3 is 9.97 Å². The average molecular weight is 368 g/mol. The minimum absolute atomic E-state index is 0. The van der Waals surface area contributed by atoms with Crippen LogP contribution in [0.4, 0.5) is 0 Å². The van der Waals surface area contributed by atoms with E-state index in [-0.39, 0.29) is 20.4 Å². The summed E-state index contributed by atoms with van der Waals surface area (Å²) in [6, 6.07) is 7.89. The Bertz CT molecular complexity index is 615. The summed E-state index contributed by atoms with van der Waals surface area (Å²) in [6.07, 6.45) is 1.79. The van der Waals surface area contributed by atoms with Crippen LogP contribution in [0.15, 0.2) is 30.5 Å². The summed E-state index contributed by atoms with van der Waals surface area (Å²) in [5.74, 6) is 0.816. The van der Waals surface area contributed by atoms with Crippen LogP contribution in [-0.4, -0.2) is 9.97 Å². The first-order valence-electron chi connectivity index (χ1n) is 4.49. The Labute approximate surface area is 101 Å². The molecule has 1 radical (unpaired) electrons. The molecule has 75 valence electrons. The summed E-state index contributed by atoms with van der Waals surface area (Å²) in [5.41, 5.74) is 2.87. The molecular weight excluding hydrogens is 360 g/mol. The van der Waals surface area contributed by atoms with Gasteiger partial charge in [0, 0.05) is 32.0 Å². The number of aromatic nitrogens is 3. The third-order valence-electron chi connectivity index (χ3n) is 2.29. The maximum atomic E-state index is 4.39. The molecule has 0 bridgehead atoms. The largest absolute Gasteiger partial charge is 0.440 e. The van der Waals surface area contributed by atoms with E-state index < -0.39 is 0 Å². The van der Waals surface area contributed by atoms with E-state index in [0.717, 1.165) is 27.8 Å². The van der Waals surface area contributed by atoms with E-state index in [1.54, 1.807) is 6.20 Å². The van der Waals surface area contributed by atoms with Crippen molar-refractivity contribution in [1.82, 2.24) is 15.0 Å². The number of hydrogen-bond acceptors (Lipinski definition) is 2. The third-order valence-corrected chi connectivity index (χ3v) is 2.29. The summed E-state index contributed by atoms with van der Waals surface area (Å²) < 4.78 is 0. The number of fused-ring (bicyclic) bond motifs is 3. The Morgan fingerprint density at radius 1 is 1.20 bits per heavy atom. The number of imidazole rings is 1. The average Bonchev–Trinajstić information content (AvgIpc) is 2.59. The number of aryl methyl sites for hydroxylation is 1. The Morgan fingerprint density at radius 2 is 2.07 bits per heavy atom. The second kappa shape index (κ2) is 3.73. The van der Waals surface area contributed by atoms with Crippen molar-refractivity contribution < 1.29 is 20.4 Å². The molecule has 15 heavy (non-hydrogen) atoms. The fourth-order valence-electron chi connectivity index (χ4n) is 1.69. The molecule has 0 N–H and O–H groups in total. The fraction of sp³-hybridized carbons (Fsp3) is 0.0909. The minimum atomic E-state index is 0. The molecule has 0 amide bonds. The van der Waals surface area contributed by atoms with E-state index in [1.807, 2.05) is 31.2 Å². The van der Waals surface area contributed by atoms with Gasteiger partial charge in [0.05, 0.1) is 5.52 Å². The first kappa shape index (κ1) is 10.3. The van der Waals surface area contributed by atoms with Gasteiger partial charge in [-0.25, -0.2) is 0 Å². The molecule has 3 rings (SSSR count). The second-order valence-electron chi connectivity index (χ2n) is 3.27. The molecule has 0 saturated carbocycles. The van der Waals surface area contributed by atoms with Gasteiger partial charge >= 0.3 is 0 Å². The standard InChI is InChI=1S/C11H8N3.Re/c1-7-13-10-5-4-9-8(11(10)14-7)3-2-6-12-9;/h2-6H,1H3;/q-1;. The molecule has 2 heterocycles. The molecule has 0 fully saturated rings. The Kier molecular flexibility index (Phi) is 2.56. The van der Waals surface area contributed by atoms with E-state index in [9.17, 15) is 0 Å². The number of benzene rings is 1. The molecular formula is C11H8N3Re-. The molecule has 2 aromatic heterocycles. The van der Waals surface area contributed by atoms with Gasteiger partial charge in [0.15, 0.2) is 0 Å². The zero-order valence-electron chi connectivity index (χ0n) is 8.11. The SMILES string of the molecule is Cc1nc2c(ccc3ncccc32)[n-]1.[Re]. The fourth-order valence-corrected chi connectivity index (χ4v) is 1.69. The van der Waals surface area contributed by atoms with Crippen LogP contribution in [0, 0.1) is 6.92 Å². The first-order chi connectivity index (χ1) is 6.84. The van der Waals surface area contributed by atoms with E-state index in [1.165, 1.54) is 0 Å². The van der Waals surface area contributed by atoms with Crippen molar-refractivity contribution in [1.29, 1.82) is 0 Å². The van der Waals surface area contributed by atoms with Crippen LogP contribution < -0.4 is 4.98 Å². The van der Waals surface area contributed by atoms with Gasteiger partial charge in [0.1, 0.15) is 0 Å². The maximum Gasteiger partial charge on any atom is 0.0704 e. The molecule has 0 aliphatic rings. The van der Waals surface area contributed by atoms with E-state index in [0.29, 0.717) is 0 Å². The van der Waals surface area contributed by atoms with Gasteiger partial charge in [-0.1, -0.05) is 18.0 Å². The quantitative estimate of drug-likeness (QED) is 0.610. The van der Waals surface area contributed by atoms with Crippen molar-refractivity contribution in [3.63, 3.8) is 0 Å². The maximum absolute atomic E-state index is 4.39. The molecule has 0 aliphatic heterocycles. The molecule has 0 aliphatic carbocycles. The normalized spacial score (nSPS) is 10.5. The van der Waals surface area contributed by atoms with Crippen LogP contribution in [0.25, 0.3) is 21.9 Å². The van der Waals surface area contributed by atoms with Crippen molar-refractivity contribution in [2.24, 2.45) is 0 Å². The van der Waals surface area contributed by atoms with E-state index in [2.05, 4.69) is 15.0 Å². The number of nitrogens with zero attached hydrogens (tertiary/aromatic N) is 3. The smallest absolute Gasteiger partial charge is 0.0704 e. The molecule has 0 atom stereocenters. The predicted octanol–water partition coefficient (Wildman–Crippen LogP) is 2.05. The third kappa shape index (κ3) is 1.56. The van der Waals surface area contributed by atoms with Crippen LogP contribution in [-0.2, 0) is 20.4 Å². The number of hydrogen-bond donors (Lipinski definition) is 0. The molecule has 0 spiro atoms. The van der Waals surface area contributed by atoms with E-state index >= 15 is 0 Å². The zero-order valence-corrected chi connectivity index (χ0v) is 10.8. The van der Waals surface area contributed by atoms with Gasteiger partial charge in [-0.2, -0.15) is 0 Å². The van der Waals surface area contributed by atoms with Crippen molar-refractivity contribution in [3.8, 4) is 0 Å². The van der Waals surface area contributed by atoms with Crippen LogP contribution in [0.5, 0.6) is 0 Å². The predicted molar refractivity (Wildman–Crippen MR) is 55.1 cm³/mol. The summed E-state index contributed by atoms with van der Waals surface area (Å²) in [5, 5.41) is 1.07. The van der Waals surface area contributed by atoms with Gasteiger partial charge in [0.2, 0.25) is 0 Å². The van der Waals surface area contributed by atoms with Crippen molar-refractivity contribution in [3.05, 3.63) is 36.3 Å². The summed E-state index contributed by atoms with van der Waals surface area (Å²) in [7, 11) is 0. The second-order valence-corrected chi connectivity index (χ2v) is 3.27. The molecule has 0 saturated heterocycles. The van der Waals surface area contributed by atoms with E-state index in [4.69, 9.17) is 0 Å². The topological polar surface area (TPSA) is 39.9 Å². The van der Waals surface area contributed by atoms with Crippen molar-refractivity contribution in [2.45, 2.75) is 6.92 Å². The van der Waals surface area contributed by atoms with Crippen LogP contribution in [0.3, 0.4) is 0 Å². The monoisotopic (exact) mass is 369 g/mol. The number of pyridine rings is 1. The van der Waals surface area contributed by atoms with Gasteiger partial charge in [-0.3, -0.25) is 4.98 Å². The zero-order chi connectivity index (χ0) is 9.54. The summed E-state index contributed by atoms with van der Waals surface area (Å²) in [6.45, 7) is 1.90. The molecule has 1 aromatic carbocycles. The summed E-state index contributed by atoms with van der Waals surface area (Å²) in [4.78, 5) is 13.0. The first-order valence-corrected chi connectivity index (χ1v) is 4.49. The molecule has 0 unspecified atom stereocenters. The molecule has 3 aromatic rings. The molecule has 3 nitrogen and oxygen atoms in total. The van der Waals surface area contributed by atoms with Crippen LogP contribution in [0.2, 0.25) is 0 Å². The van der Waals surface area contributed by atoms with Gasteiger partial charge in [-0.05, 0) is 30.1 Å². The van der Waals surface area contributed by atoms with Crippen LogP contribution >= 0.6 is 0 Å². The number of rotatable bonds is 0. The molecule has 4 heteroatoms.